The first kappa shape index (κ1) is 20.3. The maximum Gasteiger partial charge on any atom is 0.243 e. The summed E-state index contributed by atoms with van der Waals surface area (Å²) < 4.78 is 32.7. The van der Waals surface area contributed by atoms with Crippen LogP contribution >= 0.6 is 0 Å². The number of para-hydroxylation sites is 1. The van der Waals surface area contributed by atoms with Crippen LogP contribution in [0.25, 0.3) is 0 Å². The Morgan fingerprint density at radius 3 is 2.29 bits per heavy atom. The van der Waals surface area contributed by atoms with E-state index in [1.54, 1.807) is 19.2 Å². The van der Waals surface area contributed by atoms with Gasteiger partial charge in [-0.2, -0.15) is 4.31 Å². The molecule has 1 aliphatic heterocycles. The van der Waals surface area contributed by atoms with Crippen molar-refractivity contribution >= 4 is 21.6 Å². The van der Waals surface area contributed by atoms with Gasteiger partial charge in [-0.15, -0.1) is 0 Å². The molecule has 0 bridgehead atoms. The van der Waals surface area contributed by atoms with Crippen LogP contribution in [0.2, 0.25) is 0 Å². The number of hydrogen-bond acceptors (Lipinski definition) is 5. The average molecular weight is 404 g/mol. The Morgan fingerprint density at radius 1 is 1.04 bits per heavy atom. The molecule has 1 N–H and O–H groups in total. The number of rotatable bonds is 6. The molecule has 0 atom stereocenters. The summed E-state index contributed by atoms with van der Waals surface area (Å²) >= 11 is 0. The van der Waals surface area contributed by atoms with Gasteiger partial charge in [0.05, 0.1) is 12.0 Å². The Morgan fingerprint density at radius 2 is 1.68 bits per heavy atom. The van der Waals surface area contributed by atoms with Gasteiger partial charge in [0.2, 0.25) is 15.9 Å². The molecule has 150 valence electrons. The van der Waals surface area contributed by atoms with Crippen LogP contribution in [0.5, 0.6) is 5.75 Å². The minimum Gasteiger partial charge on any atom is -0.496 e. The second-order valence-electron chi connectivity index (χ2n) is 6.70. The van der Waals surface area contributed by atoms with Crippen LogP contribution in [0.15, 0.2) is 53.4 Å². The van der Waals surface area contributed by atoms with Crippen LogP contribution in [0.4, 0.5) is 5.69 Å². The number of nitrogens with one attached hydrogen (secondary N) is 1. The Hall–Kier alpha value is -2.42. The standard InChI is InChI=1S/C20H25N3O4S/c1-16(24)21-18-7-9-19(10-8-18)28(25,26)23-13-11-22(12-14-23)15-17-5-3-4-6-20(17)27-2/h3-10H,11-15H2,1-2H3,(H,21,24). The van der Waals surface area contributed by atoms with Crippen molar-refractivity contribution in [3.05, 3.63) is 54.1 Å². The number of carbonyl (C=O) groups is 1. The molecule has 28 heavy (non-hydrogen) atoms. The van der Waals surface area contributed by atoms with Crippen LogP contribution in [0.1, 0.15) is 12.5 Å². The van der Waals surface area contributed by atoms with Crippen molar-refractivity contribution in [2.45, 2.75) is 18.4 Å². The van der Waals surface area contributed by atoms with E-state index in [0.717, 1.165) is 17.9 Å². The molecule has 1 fully saturated rings. The number of amides is 1. The summed E-state index contributed by atoms with van der Waals surface area (Å²) in [6.07, 6.45) is 0. The maximum absolute atomic E-state index is 12.9. The first-order valence-corrected chi connectivity index (χ1v) is 10.6. The number of piperazine rings is 1. The fourth-order valence-corrected chi connectivity index (χ4v) is 4.69. The third kappa shape index (κ3) is 4.70. The van der Waals surface area contributed by atoms with Crippen LogP contribution in [-0.4, -0.2) is 56.8 Å². The van der Waals surface area contributed by atoms with Crippen molar-refractivity contribution in [2.75, 3.05) is 38.6 Å². The first-order valence-electron chi connectivity index (χ1n) is 9.12. The van der Waals surface area contributed by atoms with Gasteiger partial charge in [0, 0.05) is 50.9 Å². The van der Waals surface area contributed by atoms with Gasteiger partial charge in [-0.3, -0.25) is 9.69 Å². The lowest BCUT2D eigenvalue weighted by Gasteiger charge is -2.34. The zero-order valence-electron chi connectivity index (χ0n) is 16.1. The summed E-state index contributed by atoms with van der Waals surface area (Å²) in [5.41, 5.74) is 1.67. The molecular weight excluding hydrogens is 378 g/mol. The second-order valence-corrected chi connectivity index (χ2v) is 8.64. The van der Waals surface area contributed by atoms with Crippen molar-refractivity contribution in [1.82, 2.24) is 9.21 Å². The Balaban J connectivity index is 1.62. The van der Waals surface area contributed by atoms with Crippen molar-refractivity contribution in [2.24, 2.45) is 0 Å². The summed E-state index contributed by atoms with van der Waals surface area (Å²) in [6.45, 7) is 4.32. The second kappa shape index (κ2) is 8.72. The number of anilines is 1. The van der Waals surface area contributed by atoms with E-state index in [0.29, 0.717) is 31.9 Å². The van der Waals surface area contributed by atoms with E-state index in [1.807, 2.05) is 24.3 Å². The predicted molar refractivity (Wildman–Crippen MR) is 108 cm³/mol. The molecule has 1 heterocycles. The van der Waals surface area contributed by atoms with Gasteiger partial charge < -0.3 is 10.1 Å². The number of nitrogens with zero attached hydrogens (tertiary/aromatic N) is 2. The summed E-state index contributed by atoms with van der Waals surface area (Å²) in [5.74, 6) is 0.651. The van der Waals surface area contributed by atoms with E-state index < -0.39 is 10.0 Å². The predicted octanol–water partition coefficient (Wildman–Crippen LogP) is 2.16. The smallest absolute Gasteiger partial charge is 0.243 e. The molecule has 3 rings (SSSR count). The molecule has 1 amide bonds. The molecule has 7 nitrogen and oxygen atoms in total. The van der Waals surface area contributed by atoms with Crippen LogP contribution in [0, 0.1) is 0 Å². The van der Waals surface area contributed by atoms with Gasteiger partial charge in [0.15, 0.2) is 0 Å². The number of sulfonamides is 1. The number of hydrogen-bond donors (Lipinski definition) is 1. The van der Waals surface area contributed by atoms with E-state index in [1.165, 1.54) is 23.4 Å². The largest absolute Gasteiger partial charge is 0.496 e. The van der Waals surface area contributed by atoms with E-state index in [-0.39, 0.29) is 10.8 Å². The Bertz CT molecular complexity index is 921. The average Bonchev–Trinajstić information content (AvgIpc) is 2.69. The van der Waals surface area contributed by atoms with E-state index in [2.05, 4.69) is 10.2 Å². The normalized spacial score (nSPS) is 15.9. The number of ether oxygens (including phenoxy) is 1. The molecule has 8 heteroatoms. The van der Waals surface area contributed by atoms with Crippen molar-refractivity contribution < 1.29 is 17.9 Å². The highest BCUT2D eigenvalue weighted by molar-refractivity contribution is 7.89. The third-order valence-corrected chi connectivity index (χ3v) is 6.64. The zero-order chi connectivity index (χ0) is 20.1. The lowest BCUT2D eigenvalue weighted by molar-refractivity contribution is -0.114. The summed E-state index contributed by atoms with van der Waals surface area (Å²) in [7, 11) is -1.89. The maximum atomic E-state index is 12.9. The highest BCUT2D eigenvalue weighted by atomic mass is 32.2. The first-order chi connectivity index (χ1) is 13.4. The van der Waals surface area contributed by atoms with Crippen molar-refractivity contribution in [3.8, 4) is 5.75 Å². The molecule has 1 aliphatic rings. The molecule has 0 radical (unpaired) electrons. The molecule has 0 aliphatic carbocycles. The highest BCUT2D eigenvalue weighted by Gasteiger charge is 2.28. The minimum atomic E-state index is -3.55. The summed E-state index contributed by atoms with van der Waals surface area (Å²) in [4.78, 5) is 13.6. The number of methoxy groups -OCH3 is 1. The molecule has 0 saturated carbocycles. The molecule has 0 aromatic heterocycles. The van der Waals surface area contributed by atoms with Crippen molar-refractivity contribution in [1.29, 1.82) is 0 Å². The monoisotopic (exact) mass is 403 g/mol. The molecule has 2 aromatic rings. The Kier molecular flexibility index (Phi) is 6.33. The lowest BCUT2D eigenvalue weighted by atomic mass is 10.2. The van der Waals surface area contributed by atoms with E-state index in [9.17, 15) is 13.2 Å². The molecular formula is C20H25N3O4S. The fraction of sp³-hybridized carbons (Fsp3) is 0.350. The minimum absolute atomic E-state index is 0.193. The van der Waals surface area contributed by atoms with Gasteiger partial charge >= 0.3 is 0 Å². The Labute approximate surface area is 166 Å². The van der Waals surface area contributed by atoms with Crippen LogP contribution < -0.4 is 10.1 Å². The van der Waals surface area contributed by atoms with Gasteiger partial charge in [-0.25, -0.2) is 8.42 Å². The highest BCUT2D eigenvalue weighted by Crippen LogP contribution is 2.23. The van der Waals surface area contributed by atoms with E-state index >= 15 is 0 Å². The van der Waals surface area contributed by atoms with E-state index in [4.69, 9.17) is 4.74 Å². The molecule has 0 spiro atoms. The van der Waals surface area contributed by atoms with Crippen molar-refractivity contribution in [3.63, 3.8) is 0 Å². The van der Waals surface area contributed by atoms with Gasteiger partial charge in [-0.1, -0.05) is 18.2 Å². The lowest BCUT2D eigenvalue weighted by Crippen LogP contribution is -2.48. The molecule has 0 unspecified atom stereocenters. The number of benzene rings is 2. The van der Waals surface area contributed by atoms with Crippen LogP contribution in [-0.2, 0) is 21.4 Å². The van der Waals surface area contributed by atoms with Gasteiger partial charge in [-0.05, 0) is 30.3 Å². The van der Waals surface area contributed by atoms with Gasteiger partial charge in [0.1, 0.15) is 5.75 Å². The zero-order valence-corrected chi connectivity index (χ0v) is 16.9. The summed E-state index contributed by atoms with van der Waals surface area (Å²) in [6, 6.07) is 14.1. The molecule has 2 aromatic carbocycles. The number of carbonyl (C=O) groups excluding carboxylic acids is 1. The van der Waals surface area contributed by atoms with Gasteiger partial charge in [0.25, 0.3) is 0 Å². The third-order valence-electron chi connectivity index (χ3n) is 4.73. The SMILES string of the molecule is COc1ccccc1CN1CCN(S(=O)(=O)c2ccc(NC(C)=O)cc2)CC1. The topological polar surface area (TPSA) is 79.0 Å². The fourth-order valence-electron chi connectivity index (χ4n) is 3.27. The molecule has 1 saturated heterocycles. The summed E-state index contributed by atoms with van der Waals surface area (Å²) in [5, 5.41) is 2.64. The van der Waals surface area contributed by atoms with Crippen LogP contribution in [0.3, 0.4) is 0 Å². The quantitative estimate of drug-likeness (QED) is 0.800.